The van der Waals surface area contributed by atoms with Crippen LogP contribution < -0.4 is 10.6 Å². The molecule has 1 aromatic carbocycles. The van der Waals surface area contributed by atoms with Crippen LogP contribution in [0.25, 0.3) is 11.3 Å². The Morgan fingerprint density at radius 1 is 1.14 bits per heavy atom. The third-order valence-electron chi connectivity index (χ3n) is 5.17. The average molecular weight is 388 g/mol. The molecule has 148 valence electrons. The number of carbonyl (C=O) groups is 2. The van der Waals surface area contributed by atoms with Gasteiger partial charge < -0.3 is 15.6 Å². The molecule has 0 bridgehead atoms. The van der Waals surface area contributed by atoms with E-state index in [0.717, 1.165) is 34.7 Å². The van der Waals surface area contributed by atoms with Gasteiger partial charge in [-0.15, -0.1) is 0 Å². The van der Waals surface area contributed by atoms with Gasteiger partial charge in [-0.3, -0.25) is 14.6 Å². The number of benzene rings is 1. The lowest BCUT2D eigenvalue weighted by Crippen LogP contribution is -2.36. The highest BCUT2D eigenvalue weighted by molar-refractivity contribution is 6.09. The maximum Gasteiger partial charge on any atom is 0.223 e. The SMILES string of the molecule is CCCNC(=O)C1CC(=O)c2c([nH]c(-c3ccncc3)c2Nc2ccccc2)C1. The summed E-state index contributed by atoms with van der Waals surface area (Å²) in [5.74, 6) is -0.406. The first-order valence-corrected chi connectivity index (χ1v) is 9.95. The molecule has 3 aromatic rings. The van der Waals surface area contributed by atoms with Crippen molar-refractivity contribution in [1.82, 2.24) is 15.3 Å². The summed E-state index contributed by atoms with van der Waals surface area (Å²) in [5, 5.41) is 6.33. The van der Waals surface area contributed by atoms with Crippen molar-refractivity contribution in [2.45, 2.75) is 26.2 Å². The normalized spacial score (nSPS) is 15.6. The van der Waals surface area contributed by atoms with Crippen LogP contribution in [0.5, 0.6) is 0 Å². The van der Waals surface area contributed by atoms with Crippen LogP contribution in [0.4, 0.5) is 11.4 Å². The smallest absolute Gasteiger partial charge is 0.223 e. The Labute approximate surface area is 169 Å². The molecule has 6 nitrogen and oxygen atoms in total. The number of anilines is 2. The second-order valence-electron chi connectivity index (χ2n) is 7.27. The molecule has 2 heterocycles. The van der Waals surface area contributed by atoms with Crippen LogP contribution in [0.3, 0.4) is 0 Å². The Bertz CT molecular complexity index is 1010. The number of H-pyrrole nitrogens is 1. The highest BCUT2D eigenvalue weighted by atomic mass is 16.2. The molecule has 4 rings (SSSR count). The predicted molar refractivity (Wildman–Crippen MR) is 113 cm³/mol. The molecule has 0 saturated carbocycles. The van der Waals surface area contributed by atoms with E-state index in [2.05, 4.69) is 20.6 Å². The van der Waals surface area contributed by atoms with Crippen molar-refractivity contribution < 1.29 is 9.59 Å². The van der Waals surface area contributed by atoms with Gasteiger partial charge in [0.1, 0.15) is 0 Å². The third-order valence-corrected chi connectivity index (χ3v) is 5.17. The standard InChI is InChI=1S/C23H24N4O2/c1-2-10-25-23(29)16-13-18-20(19(28)14-16)22(26-17-6-4-3-5-7-17)21(27-18)15-8-11-24-12-9-15/h3-9,11-12,16,26-27H,2,10,13-14H2,1H3,(H,25,29). The van der Waals surface area contributed by atoms with Crippen molar-refractivity contribution in [2.75, 3.05) is 11.9 Å². The second kappa shape index (κ2) is 8.31. The van der Waals surface area contributed by atoms with Crippen LogP contribution in [-0.4, -0.2) is 28.2 Å². The van der Waals surface area contributed by atoms with Crippen LogP contribution >= 0.6 is 0 Å². The molecule has 1 unspecified atom stereocenters. The largest absolute Gasteiger partial charge is 0.356 e. The summed E-state index contributed by atoms with van der Waals surface area (Å²) in [6.45, 7) is 2.64. The number of nitrogens with one attached hydrogen (secondary N) is 3. The molecule has 1 amide bonds. The lowest BCUT2D eigenvalue weighted by atomic mass is 9.85. The molecule has 0 radical (unpaired) electrons. The summed E-state index contributed by atoms with van der Waals surface area (Å²) in [7, 11) is 0. The van der Waals surface area contributed by atoms with E-state index in [4.69, 9.17) is 0 Å². The number of hydrogen-bond donors (Lipinski definition) is 3. The summed E-state index contributed by atoms with van der Waals surface area (Å²) in [4.78, 5) is 33.1. The average Bonchev–Trinajstić information content (AvgIpc) is 3.12. The van der Waals surface area contributed by atoms with E-state index in [0.29, 0.717) is 18.5 Å². The van der Waals surface area contributed by atoms with Crippen LogP contribution in [-0.2, 0) is 11.2 Å². The van der Waals surface area contributed by atoms with Crippen LogP contribution in [0, 0.1) is 5.92 Å². The van der Waals surface area contributed by atoms with E-state index in [-0.39, 0.29) is 24.0 Å². The highest BCUT2D eigenvalue weighted by Gasteiger charge is 2.34. The van der Waals surface area contributed by atoms with Crippen molar-refractivity contribution in [3.63, 3.8) is 0 Å². The van der Waals surface area contributed by atoms with E-state index in [1.807, 2.05) is 49.4 Å². The minimum atomic E-state index is -0.338. The summed E-state index contributed by atoms with van der Waals surface area (Å²) < 4.78 is 0. The summed E-state index contributed by atoms with van der Waals surface area (Å²) in [5.41, 5.74) is 4.90. The van der Waals surface area contributed by atoms with Gasteiger partial charge >= 0.3 is 0 Å². The zero-order valence-electron chi connectivity index (χ0n) is 16.4. The molecule has 6 heteroatoms. The number of amides is 1. The molecule has 1 aliphatic carbocycles. The number of Topliss-reactive ketones (excluding diaryl/α,β-unsaturated/α-hetero) is 1. The number of carbonyl (C=O) groups excluding carboxylic acids is 2. The number of aromatic amines is 1. The van der Waals surface area contributed by atoms with Crippen molar-refractivity contribution >= 4 is 23.1 Å². The number of para-hydroxylation sites is 1. The van der Waals surface area contributed by atoms with Crippen molar-refractivity contribution in [1.29, 1.82) is 0 Å². The Morgan fingerprint density at radius 3 is 2.62 bits per heavy atom. The van der Waals surface area contributed by atoms with E-state index in [1.54, 1.807) is 12.4 Å². The Hall–Kier alpha value is -3.41. The molecule has 0 aliphatic heterocycles. The minimum absolute atomic E-state index is 0.0158. The Morgan fingerprint density at radius 2 is 1.90 bits per heavy atom. The van der Waals surface area contributed by atoms with Gasteiger partial charge in [-0.1, -0.05) is 25.1 Å². The quantitative estimate of drug-likeness (QED) is 0.594. The molecule has 1 aliphatic rings. The summed E-state index contributed by atoms with van der Waals surface area (Å²) >= 11 is 0. The zero-order valence-corrected chi connectivity index (χ0v) is 16.4. The number of nitrogens with zero attached hydrogens (tertiary/aromatic N) is 1. The number of hydrogen-bond acceptors (Lipinski definition) is 4. The van der Waals surface area contributed by atoms with Crippen LogP contribution in [0.15, 0.2) is 54.9 Å². The first-order valence-electron chi connectivity index (χ1n) is 9.95. The molecule has 1 atom stereocenters. The van der Waals surface area contributed by atoms with Gasteiger partial charge in [-0.05, 0) is 30.7 Å². The predicted octanol–water partition coefficient (Wildman–Crippen LogP) is 4.09. The fraction of sp³-hybridized carbons (Fsp3) is 0.261. The van der Waals surface area contributed by atoms with E-state index >= 15 is 0 Å². The summed E-state index contributed by atoms with van der Waals surface area (Å²) in [6.07, 6.45) is 5.07. The fourth-order valence-corrected chi connectivity index (χ4v) is 3.76. The Kier molecular flexibility index (Phi) is 5.42. The lowest BCUT2D eigenvalue weighted by Gasteiger charge is -2.21. The zero-order chi connectivity index (χ0) is 20.2. The minimum Gasteiger partial charge on any atom is -0.356 e. The first-order chi connectivity index (χ1) is 14.2. The first kappa shape index (κ1) is 18.9. The molecule has 29 heavy (non-hydrogen) atoms. The second-order valence-corrected chi connectivity index (χ2v) is 7.27. The van der Waals surface area contributed by atoms with E-state index in [9.17, 15) is 9.59 Å². The number of rotatable bonds is 6. The van der Waals surface area contributed by atoms with Gasteiger partial charge in [-0.25, -0.2) is 0 Å². The van der Waals surface area contributed by atoms with Gasteiger partial charge in [0.2, 0.25) is 5.91 Å². The third kappa shape index (κ3) is 3.92. The van der Waals surface area contributed by atoms with Crippen LogP contribution in [0.2, 0.25) is 0 Å². The monoisotopic (exact) mass is 388 g/mol. The molecule has 2 aromatic heterocycles. The fourth-order valence-electron chi connectivity index (χ4n) is 3.76. The maximum absolute atomic E-state index is 13.1. The molecule has 0 saturated heterocycles. The number of fused-ring (bicyclic) bond motifs is 1. The molecule has 0 spiro atoms. The summed E-state index contributed by atoms with van der Waals surface area (Å²) in [6, 6.07) is 13.6. The maximum atomic E-state index is 13.1. The number of pyridine rings is 1. The van der Waals surface area contributed by atoms with Gasteiger partial charge in [0.15, 0.2) is 5.78 Å². The molecular formula is C23H24N4O2. The van der Waals surface area contributed by atoms with Crippen molar-refractivity contribution in [2.24, 2.45) is 5.92 Å². The highest BCUT2D eigenvalue weighted by Crippen LogP contribution is 2.39. The van der Waals surface area contributed by atoms with Crippen molar-refractivity contribution in [3.05, 3.63) is 66.1 Å². The van der Waals surface area contributed by atoms with Crippen LogP contribution in [0.1, 0.15) is 35.8 Å². The van der Waals surface area contributed by atoms with Gasteiger partial charge in [0.25, 0.3) is 0 Å². The van der Waals surface area contributed by atoms with Crippen molar-refractivity contribution in [3.8, 4) is 11.3 Å². The van der Waals surface area contributed by atoms with E-state index < -0.39 is 0 Å². The molecule has 0 fully saturated rings. The molecule has 3 N–H and O–H groups in total. The van der Waals surface area contributed by atoms with Gasteiger partial charge in [0, 0.05) is 48.7 Å². The topological polar surface area (TPSA) is 86.9 Å². The number of aromatic nitrogens is 2. The molecular weight excluding hydrogens is 364 g/mol. The Balaban J connectivity index is 1.74. The van der Waals surface area contributed by atoms with Gasteiger partial charge in [0.05, 0.1) is 22.9 Å². The lowest BCUT2D eigenvalue weighted by molar-refractivity contribution is -0.125. The van der Waals surface area contributed by atoms with E-state index in [1.165, 1.54) is 0 Å². The number of ketones is 1. The van der Waals surface area contributed by atoms with Gasteiger partial charge in [-0.2, -0.15) is 0 Å².